The van der Waals surface area contributed by atoms with Crippen LogP contribution in [0.15, 0.2) is 0 Å². The van der Waals surface area contributed by atoms with Gasteiger partial charge in [0, 0.05) is 0 Å². The van der Waals surface area contributed by atoms with Crippen molar-refractivity contribution in [1.29, 1.82) is 0 Å². The molecule has 0 fully saturated rings. The van der Waals surface area contributed by atoms with Crippen LogP contribution in [0.2, 0.25) is 9.95 Å². The minimum Gasteiger partial charge on any atom is -1.00 e. The van der Waals surface area contributed by atoms with Crippen molar-refractivity contribution in [2.24, 2.45) is 0 Å². The second-order valence-corrected chi connectivity index (χ2v) is 13.3. The zero-order valence-corrected chi connectivity index (χ0v) is 23.4. The molecule has 0 saturated carbocycles. The van der Waals surface area contributed by atoms with Crippen LogP contribution in [0, 0.1) is 0 Å². The Morgan fingerprint density at radius 2 is 0.517 bits per heavy atom. The molecule has 0 aromatic carbocycles. The van der Waals surface area contributed by atoms with E-state index in [2.05, 4.69) is 13.8 Å². The molecule has 1 radical (unpaired) electrons. The first-order chi connectivity index (χ1) is 14.4. The fourth-order valence-electron chi connectivity index (χ4n) is 4.40. The standard InChI is InChI=1S/2C14H29.Ga.H/c2*1-3-5-7-9-11-13-14-12-10-8-6-4-2;;/h2*1,3-14H2,2H3;;/q;;;-1. The summed E-state index contributed by atoms with van der Waals surface area (Å²) in [5.74, 6) is 0. The average molecular weight is 466 g/mol. The summed E-state index contributed by atoms with van der Waals surface area (Å²) < 4.78 is 0. The van der Waals surface area contributed by atoms with Crippen LogP contribution in [0.25, 0.3) is 0 Å². The monoisotopic (exact) mass is 464 g/mol. The molecule has 0 aliphatic carbocycles. The summed E-state index contributed by atoms with van der Waals surface area (Å²) in [5, 5.41) is 0. The summed E-state index contributed by atoms with van der Waals surface area (Å²) in [6.45, 7) is 4.62. The summed E-state index contributed by atoms with van der Waals surface area (Å²) in [5.41, 5.74) is 0. The fourth-order valence-corrected chi connectivity index (χ4v) is 7.43. The van der Waals surface area contributed by atoms with Crippen molar-refractivity contribution in [1.82, 2.24) is 0 Å². The smallest absolute Gasteiger partial charge is 1.00 e. The van der Waals surface area contributed by atoms with E-state index in [0.717, 1.165) is 0 Å². The van der Waals surface area contributed by atoms with Gasteiger partial charge in [-0.05, 0) is 0 Å². The Morgan fingerprint density at radius 1 is 0.310 bits per heavy atom. The van der Waals surface area contributed by atoms with Crippen LogP contribution in [-0.2, 0) is 0 Å². The molecule has 0 bridgehead atoms. The van der Waals surface area contributed by atoms with Gasteiger partial charge in [0.15, 0.2) is 0 Å². The number of hydrogen-bond acceptors (Lipinski definition) is 0. The van der Waals surface area contributed by atoms with E-state index in [4.69, 9.17) is 0 Å². The first-order valence-corrected chi connectivity index (χ1v) is 17.7. The van der Waals surface area contributed by atoms with Gasteiger partial charge in [0.25, 0.3) is 0 Å². The molecule has 0 aliphatic heterocycles. The molecule has 0 amide bonds. The molecule has 0 aliphatic rings. The Bertz CT molecular complexity index is 243. The predicted molar refractivity (Wildman–Crippen MR) is 139 cm³/mol. The van der Waals surface area contributed by atoms with E-state index < -0.39 is 0 Å². The Balaban J connectivity index is 0. The van der Waals surface area contributed by atoms with E-state index in [1.165, 1.54) is 141 Å². The molecule has 29 heavy (non-hydrogen) atoms. The summed E-state index contributed by atoms with van der Waals surface area (Å²) in [6, 6.07) is 0. The van der Waals surface area contributed by atoms with Gasteiger partial charge in [-0.1, -0.05) is 26.7 Å². The molecule has 0 heterocycles. The van der Waals surface area contributed by atoms with Crippen LogP contribution in [-0.4, -0.2) is 17.4 Å². The van der Waals surface area contributed by atoms with E-state index >= 15 is 0 Å². The zero-order valence-electron chi connectivity index (χ0n) is 22.0. The van der Waals surface area contributed by atoms with Crippen molar-refractivity contribution in [2.75, 3.05) is 0 Å². The van der Waals surface area contributed by atoms with Gasteiger partial charge >= 0.3 is 169 Å². The molecule has 0 N–H and O–H groups in total. The average Bonchev–Trinajstić information content (AvgIpc) is 2.74. The molecule has 0 spiro atoms. The molecule has 1 heteroatoms. The van der Waals surface area contributed by atoms with Gasteiger partial charge in [0.2, 0.25) is 0 Å². The van der Waals surface area contributed by atoms with Gasteiger partial charge in [0.05, 0.1) is 0 Å². The Kier molecular flexibility index (Phi) is 29.3. The van der Waals surface area contributed by atoms with Crippen LogP contribution in [0.3, 0.4) is 0 Å². The number of rotatable bonds is 26. The van der Waals surface area contributed by atoms with Gasteiger partial charge in [-0.15, -0.1) is 0 Å². The summed E-state index contributed by atoms with van der Waals surface area (Å²) in [4.78, 5) is 3.30. The van der Waals surface area contributed by atoms with Crippen molar-refractivity contribution in [3.8, 4) is 0 Å². The van der Waals surface area contributed by atoms with Gasteiger partial charge < -0.3 is 1.43 Å². The zero-order chi connectivity index (χ0) is 21.1. The van der Waals surface area contributed by atoms with E-state index in [9.17, 15) is 0 Å². The molecule has 0 nitrogen and oxygen atoms in total. The van der Waals surface area contributed by atoms with Gasteiger partial charge in [-0.3, -0.25) is 0 Å². The first-order valence-electron chi connectivity index (χ1n) is 14.2. The molecule has 0 rings (SSSR count). The van der Waals surface area contributed by atoms with Crippen molar-refractivity contribution < 1.29 is 1.43 Å². The molecule has 0 aromatic heterocycles. The second kappa shape index (κ2) is 28.6. The minimum atomic E-state index is 0. The SMILES string of the molecule is CCCCCCCCCCCCC[CH2][Ga][CH2]CCCCCCCCCCCCC.[H-]. The van der Waals surface area contributed by atoms with Crippen LogP contribution in [0.4, 0.5) is 0 Å². The fraction of sp³-hybridized carbons (Fsp3) is 1.00. The second-order valence-electron chi connectivity index (χ2n) is 9.64. The predicted octanol–water partition coefficient (Wildman–Crippen LogP) is 11.0. The molecule has 0 unspecified atom stereocenters. The molecule has 0 saturated heterocycles. The van der Waals surface area contributed by atoms with Gasteiger partial charge in [-0.25, -0.2) is 0 Å². The van der Waals surface area contributed by atoms with E-state index in [0.29, 0.717) is 0 Å². The summed E-state index contributed by atoms with van der Waals surface area (Å²) in [7, 11) is 0. The normalized spacial score (nSPS) is 11.2. The van der Waals surface area contributed by atoms with E-state index in [-0.39, 0.29) is 18.8 Å². The Morgan fingerprint density at radius 3 is 0.759 bits per heavy atom. The van der Waals surface area contributed by atoms with Crippen LogP contribution in [0.1, 0.15) is 169 Å². The van der Waals surface area contributed by atoms with E-state index in [1.54, 1.807) is 22.8 Å². The molecule has 0 aromatic rings. The van der Waals surface area contributed by atoms with Crippen LogP contribution < -0.4 is 0 Å². The van der Waals surface area contributed by atoms with Crippen molar-refractivity contribution in [3.05, 3.63) is 0 Å². The molecular weight excluding hydrogens is 406 g/mol. The van der Waals surface area contributed by atoms with Crippen LogP contribution >= 0.6 is 0 Å². The maximum absolute atomic E-state index is 2.31. The number of unbranched alkanes of at least 4 members (excludes halogenated alkanes) is 22. The summed E-state index contributed by atoms with van der Waals surface area (Å²) >= 11 is 0.145. The third-order valence-corrected chi connectivity index (χ3v) is 9.95. The molecular formula is C28H59Ga-. The van der Waals surface area contributed by atoms with Crippen molar-refractivity contribution in [2.45, 2.75) is 178 Å². The quantitative estimate of drug-likeness (QED) is 0.0880. The first kappa shape index (κ1) is 29.6. The molecule has 175 valence electrons. The van der Waals surface area contributed by atoms with Gasteiger partial charge in [-0.2, -0.15) is 0 Å². The minimum absolute atomic E-state index is 0. The van der Waals surface area contributed by atoms with Gasteiger partial charge in [0.1, 0.15) is 0 Å². The van der Waals surface area contributed by atoms with E-state index in [1.807, 2.05) is 0 Å². The number of hydrogen-bond donors (Lipinski definition) is 0. The Hall–Kier alpha value is 0.636. The maximum atomic E-state index is 2.31. The topological polar surface area (TPSA) is 0 Å². The van der Waals surface area contributed by atoms with Crippen molar-refractivity contribution >= 4 is 17.4 Å². The molecule has 0 atom stereocenters. The Labute approximate surface area is 196 Å². The summed E-state index contributed by atoms with van der Waals surface area (Å²) in [6.07, 6.45) is 35.8. The third kappa shape index (κ3) is 28.6. The third-order valence-electron chi connectivity index (χ3n) is 6.52. The van der Waals surface area contributed by atoms with Crippen LogP contribution in [0.5, 0.6) is 0 Å². The van der Waals surface area contributed by atoms with Crippen molar-refractivity contribution in [3.63, 3.8) is 0 Å².